The molecule has 3 nitrogen and oxygen atoms in total. The molecule has 0 radical (unpaired) electrons. The van der Waals surface area contributed by atoms with Crippen LogP contribution >= 0.6 is 23.4 Å². The smallest absolute Gasteiger partial charge is 0.134 e. The van der Waals surface area contributed by atoms with Crippen molar-refractivity contribution in [3.05, 3.63) is 17.0 Å². The molecule has 0 amide bonds. The fourth-order valence-electron chi connectivity index (χ4n) is 1.55. The van der Waals surface area contributed by atoms with Crippen LogP contribution in [-0.2, 0) is 6.42 Å². The molecule has 2 heterocycles. The highest BCUT2D eigenvalue weighted by molar-refractivity contribution is 7.99. The van der Waals surface area contributed by atoms with Crippen molar-refractivity contribution in [3.63, 3.8) is 0 Å². The number of rotatable bonds is 3. The summed E-state index contributed by atoms with van der Waals surface area (Å²) in [4.78, 5) is 8.54. The first-order valence-electron chi connectivity index (χ1n) is 5.15. The van der Waals surface area contributed by atoms with E-state index in [1.54, 1.807) is 6.07 Å². The van der Waals surface area contributed by atoms with Crippen molar-refractivity contribution in [1.82, 2.24) is 9.97 Å². The van der Waals surface area contributed by atoms with Gasteiger partial charge in [-0.05, 0) is 12.2 Å². The number of nitrogens with zero attached hydrogens (tertiary/aromatic N) is 2. The normalized spacial score (nSPS) is 20.5. The maximum atomic E-state index is 5.92. The number of aryl methyl sites for hydroxylation is 1. The minimum atomic E-state index is 0.523. The summed E-state index contributed by atoms with van der Waals surface area (Å²) >= 11 is 7.89. The number of hydrogen-bond donors (Lipinski definition) is 1. The molecule has 15 heavy (non-hydrogen) atoms. The Morgan fingerprint density at radius 3 is 3.13 bits per heavy atom. The Morgan fingerprint density at radius 1 is 1.60 bits per heavy atom. The van der Waals surface area contributed by atoms with E-state index in [9.17, 15) is 0 Å². The molecule has 0 aliphatic carbocycles. The largest absolute Gasteiger partial charge is 0.366 e. The molecule has 0 spiro atoms. The topological polar surface area (TPSA) is 37.8 Å². The van der Waals surface area contributed by atoms with Gasteiger partial charge in [0.15, 0.2) is 0 Å². The maximum Gasteiger partial charge on any atom is 0.134 e. The molecule has 0 saturated carbocycles. The van der Waals surface area contributed by atoms with Gasteiger partial charge >= 0.3 is 0 Å². The predicted octanol–water partition coefficient (Wildman–Crippen LogP) is 2.61. The lowest BCUT2D eigenvalue weighted by Crippen LogP contribution is -2.19. The number of anilines is 1. The highest BCUT2D eigenvalue weighted by atomic mass is 35.5. The van der Waals surface area contributed by atoms with Crippen molar-refractivity contribution in [2.24, 2.45) is 0 Å². The molecule has 1 aliphatic heterocycles. The summed E-state index contributed by atoms with van der Waals surface area (Å²) in [7, 11) is 0. The quantitative estimate of drug-likeness (QED) is 0.829. The van der Waals surface area contributed by atoms with E-state index in [2.05, 4.69) is 15.3 Å². The van der Waals surface area contributed by atoms with Crippen molar-refractivity contribution in [2.45, 2.75) is 25.8 Å². The Morgan fingerprint density at radius 2 is 2.47 bits per heavy atom. The van der Waals surface area contributed by atoms with E-state index in [0.717, 1.165) is 23.8 Å². The molecule has 5 heteroatoms. The molecule has 0 aromatic carbocycles. The minimum Gasteiger partial charge on any atom is -0.366 e. The molecule has 1 aromatic heterocycles. The molecule has 1 N–H and O–H groups in total. The van der Waals surface area contributed by atoms with Crippen LogP contribution in [0.15, 0.2) is 6.07 Å². The molecule has 1 aliphatic rings. The standard InChI is InChI=1S/C10H14ClN3S/c1-2-9-13-8(11)5-10(14-9)12-7-3-4-15-6-7/h5,7H,2-4,6H2,1H3,(H,12,13,14). The monoisotopic (exact) mass is 243 g/mol. The Kier molecular flexibility index (Phi) is 3.70. The number of nitrogens with one attached hydrogen (secondary N) is 1. The van der Waals surface area contributed by atoms with E-state index >= 15 is 0 Å². The Labute approximate surface area is 99.0 Å². The van der Waals surface area contributed by atoms with Gasteiger partial charge in [-0.2, -0.15) is 11.8 Å². The zero-order valence-corrected chi connectivity index (χ0v) is 10.2. The molecular formula is C10H14ClN3S. The second-order valence-corrected chi connectivity index (χ2v) is 5.09. The molecule has 1 atom stereocenters. The van der Waals surface area contributed by atoms with Gasteiger partial charge in [-0.1, -0.05) is 18.5 Å². The second-order valence-electron chi connectivity index (χ2n) is 3.55. The van der Waals surface area contributed by atoms with Crippen LogP contribution in [0, 0.1) is 0 Å². The Bertz CT molecular complexity index is 339. The summed E-state index contributed by atoms with van der Waals surface area (Å²) in [6.07, 6.45) is 2.02. The van der Waals surface area contributed by atoms with Crippen LogP contribution in [0.2, 0.25) is 5.15 Å². The van der Waals surface area contributed by atoms with Crippen LogP contribution in [0.4, 0.5) is 5.82 Å². The third-order valence-electron chi connectivity index (χ3n) is 2.34. The molecule has 0 bridgehead atoms. The minimum absolute atomic E-state index is 0.523. The van der Waals surface area contributed by atoms with Crippen molar-refractivity contribution in [3.8, 4) is 0 Å². The van der Waals surface area contributed by atoms with Gasteiger partial charge in [0, 0.05) is 24.3 Å². The third kappa shape index (κ3) is 2.98. The molecule has 82 valence electrons. The fourth-order valence-corrected chi connectivity index (χ4v) is 2.91. The molecular weight excluding hydrogens is 230 g/mol. The molecule has 1 unspecified atom stereocenters. The lowest BCUT2D eigenvalue weighted by atomic mass is 10.2. The van der Waals surface area contributed by atoms with E-state index in [1.807, 2.05) is 18.7 Å². The number of halogens is 1. The first-order chi connectivity index (χ1) is 7.28. The maximum absolute atomic E-state index is 5.92. The van der Waals surface area contributed by atoms with Crippen molar-refractivity contribution >= 4 is 29.2 Å². The Balaban J connectivity index is 2.09. The summed E-state index contributed by atoms with van der Waals surface area (Å²) in [5, 5.41) is 3.92. The molecule has 1 fully saturated rings. The van der Waals surface area contributed by atoms with Crippen LogP contribution < -0.4 is 5.32 Å². The zero-order valence-electron chi connectivity index (χ0n) is 8.66. The summed E-state index contributed by atoms with van der Waals surface area (Å²) in [6, 6.07) is 2.33. The highest BCUT2D eigenvalue weighted by Crippen LogP contribution is 2.21. The summed E-state index contributed by atoms with van der Waals surface area (Å²) in [6.45, 7) is 2.03. The summed E-state index contributed by atoms with van der Waals surface area (Å²) < 4.78 is 0. The van der Waals surface area contributed by atoms with Gasteiger partial charge in [-0.25, -0.2) is 9.97 Å². The van der Waals surface area contributed by atoms with Gasteiger partial charge < -0.3 is 5.32 Å². The first-order valence-corrected chi connectivity index (χ1v) is 6.69. The van der Waals surface area contributed by atoms with E-state index in [-0.39, 0.29) is 0 Å². The van der Waals surface area contributed by atoms with E-state index < -0.39 is 0 Å². The lowest BCUT2D eigenvalue weighted by Gasteiger charge is -2.12. The average molecular weight is 244 g/mol. The van der Waals surface area contributed by atoms with Crippen molar-refractivity contribution < 1.29 is 0 Å². The lowest BCUT2D eigenvalue weighted by molar-refractivity contribution is 0.800. The number of thioether (sulfide) groups is 1. The van der Waals surface area contributed by atoms with Gasteiger partial charge in [0.25, 0.3) is 0 Å². The Hall–Kier alpha value is -0.480. The fraction of sp³-hybridized carbons (Fsp3) is 0.600. The first kappa shape index (κ1) is 11.0. The second kappa shape index (κ2) is 5.03. The van der Waals surface area contributed by atoms with E-state index in [0.29, 0.717) is 11.2 Å². The van der Waals surface area contributed by atoms with Gasteiger partial charge in [0.1, 0.15) is 16.8 Å². The van der Waals surface area contributed by atoms with Crippen LogP contribution in [0.5, 0.6) is 0 Å². The van der Waals surface area contributed by atoms with Gasteiger partial charge in [0.2, 0.25) is 0 Å². The highest BCUT2D eigenvalue weighted by Gasteiger charge is 2.15. The van der Waals surface area contributed by atoms with Crippen molar-refractivity contribution in [2.75, 3.05) is 16.8 Å². The van der Waals surface area contributed by atoms with Gasteiger partial charge in [-0.15, -0.1) is 0 Å². The molecule has 2 rings (SSSR count). The SMILES string of the molecule is CCc1nc(Cl)cc(NC2CCSC2)n1. The van der Waals surface area contributed by atoms with E-state index in [4.69, 9.17) is 11.6 Å². The number of aromatic nitrogens is 2. The zero-order chi connectivity index (χ0) is 10.7. The summed E-state index contributed by atoms with van der Waals surface area (Å²) in [5.41, 5.74) is 0. The van der Waals surface area contributed by atoms with Crippen LogP contribution in [0.25, 0.3) is 0 Å². The van der Waals surface area contributed by atoms with E-state index in [1.165, 1.54) is 12.2 Å². The molecule has 1 saturated heterocycles. The average Bonchev–Trinajstić information content (AvgIpc) is 2.69. The van der Waals surface area contributed by atoms with Crippen LogP contribution in [-0.4, -0.2) is 27.5 Å². The van der Waals surface area contributed by atoms with Gasteiger partial charge in [0.05, 0.1) is 0 Å². The molecule has 1 aromatic rings. The van der Waals surface area contributed by atoms with Crippen LogP contribution in [0.3, 0.4) is 0 Å². The van der Waals surface area contributed by atoms with Gasteiger partial charge in [-0.3, -0.25) is 0 Å². The number of hydrogen-bond acceptors (Lipinski definition) is 4. The van der Waals surface area contributed by atoms with Crippen LogP contribution in [0.1, 0.15) is 19.2 Å². The third-order valence-corrected chi connectivity index (χ3v) is 3.70. The summed E-state index contributed by atoms with van der Waals surface area (Å²) in [5.74, 6) is 4.05. The predicted molar refractivity (Wildman–Crippen MR) is 65.8 cm³/mol. The van der Waals surface area contributed by atoms with Crippen molar-refractivity contribution in [1.29, 1.82) is 0 Å².